The second-order valence-electron chi connectivity index (χ2n) is 6.52. The first kappa shape index (κ1) is 18.2. The quantitative estimate of drug-likeness (QED) is 0.648. The predicted octanol–water partition coefficient (Wildman–Crippen LogP) is 5.05. The molecule has 1 unspecified atom stereocenters. The third kappa shape index (κ3) is 3.51. The molecule has 0 fully saturated rings. The molecule has 3 aromatic rings. The molecule has 3 rings (SSSR count). The third-order valence-corrected chi connectivity index (χ3v) is 4.25. The Bertz CT molecular complexity index is 946. The van der Waals surface area contributed by atoms with Gasteiger partial charge in [0.1, 0.15) is 0 Å². The fourth-order valence-corrected chi connectivity index (χ4v) is 3.13. The molecule has 2 aromatic heterocycles. The molecule has 26 heavy (non-hydrogen) atoms. The van der Waals surface area contributed by atoms with E-state index in [-0.39, 0.29) is 24.7 Å². The van der Waals surface area contributed by atoms with Crippen molar-refractivity contribution in [1.82, 2.24) is 9.97 Å². The van der Waals surface area contributed by atoms with E-state index in [0.717, 1.165) is 32.9 Å². The van der Waals surface area contributed by atoms with Gasteiger partial charge in [-0.1, -0.05) is 6.07 Å². The number of carbonyl (C=O) groups is 1. The highest BCUT2D eigenvalue weighted by Crippen LogP contribution is 2.34. The number of fused-ring (bicyclic) bond motifs is 3. The van der Waals surface area contributed by atoms with Crippen molar-refractivity contribution in [2.24, 2.45) is 0 Å². The zero-order valence-electron chi connectivity index (χ0n) is 15.8. The van der Waals surface area contributed by atoms with Gasteiger partial charge < -0.3 is 19.2 Å². The summed E-state index contributed by atoms with van der Waals surface area (Å²) in [5, 5.41) is 2.03. The molecule has 6 nitrogen and oxygen atoms in total. The van der Waals surface area contributed by atoms with E-state index in [2.05, 4.69) is 22.1 Å². The second kappa shape index (κ2) is 7.33. The minimum Gasteiger partial charge on any atom is -0.434 e. The van der Waals surface area contributed by atoms with Crippen LogP contribution in [-0.4, -0.2) is 28.8 Å². The van der Waals surface area contributed by atoms with Crippen LogP contribution >= 0.6 is 0 Å². The number of benzene rings is 1. The second-order valence-corrected chi connectivity index (χ2v) is 6.52. The molecule has 2 heterocycles. The number of aromatic nitrogens is 2. The molecule has 0 aliphatic rings. The molecule has 0 saturated heterocycles. The van der Waals surface area contributed by atoms with Crippen LogP contribution in [0, 0.1) is 6.92 Å². The van der Waals surface area contributed by atoms with Crippen LogP contribution in [0.1, 0.15) is 44.9 Å². The van der Waals surface area contributed by atoms with Crippen molar-refractivity contribution in [2.75, 3.05) is 6.61 Å². The minimum absolute atomic E-state index is 0.0123. The molecular formula is C20H24N2O4. The largest absolute Gasteiger partial charge is 0.515 e. The van der Waals surface area contributed by atoms with Gasteiger partial charge in [-0.2, -0.15) is 0 Å². The topological polar surface area (TPSA) is 73.4 Å². The molecule has 1 N–H and O–H groups in total. The van der Waals surface area contributed by atoms with E-state index >= 15 is 0 Å². The van der Waals surface area contributed by atoms with Crippen molar-refractivity contribution >= 4 is 28.0 Å². The lowest BCUT2D eigenvalue weighted by Gasteiger charge is -2.16. The number of ether oxygens (including phenoxy) is 3. The molecule has 138 valence electrons. The van der Waals surface area contributed by atoms with Crippen LogP contribution in [-0.2, 0) is 9.47 Å². The Kier molecular flexibility index (Phi) is 5.13. The minimum atomic E-state index is -0.748. The lowest BCUT2D eigenvalue weighted by molar-refractivity contribution is 0.0179. The van der Waals surface area contributed by atoms with E-state index in [0.29, 0.717) is 0 Å². The summed E-state index contributed by atoms with van der Waals surface area (Å²) < 4.78 is 16.0. The zero-order valence-corrected chi connectivity index (χ0v) is 15.8. The number of rotatable bonds is 5. The smallest absolute Gasteiger partial charge is 0.434 e. The van der Waals surface area contributed by atoms with E-state index in [4.69, 9.17) is 14.2 Å². The first-order chi connectivity index (χ1) is 12.4. The lowest BCUT2D eigenvalue weighted by atomic mass is 10.0. The standard InChI is InChI=1S/C20H24N2O4/c1-6-24-20(23)26-19-12(4)18-15-9-14(13(5)25-11(2)3)7-8-16(15)22-17(18)10-21-19/h7-11,13,22H,6H2,1-5H3. The Morgan fingerprint density at radius 3 is 2.69 bits per heavy atom. The summed E-state index contributed by atoms with van der Waals surface area (Å²) in [5.74, 6) is 0.258. The molecule has 0 spiro atoms. The van der Waals surface area contributed by atoms with Crippen LogP contribution in [0.5, 0.6) is 5.88 Å². The number of hydrogen-bond acceptors (Lipinski definition) is 5. The van der Waals surface area contributed by atoms with Crippen LogP contribution in [0.25, 0.3) is 21.8 Å². The number of nitrogens with zero attached hydrogens (tertiary/aromatic N) is 1. The summed E-state index contributed by atoms with van der Waals surface area (Å²) >= 11 is 0. The van der Waals surface area contributed by atoms with E-state index < -0.39 is 6.16 Å². The number of aromatic amines is 1. The molecule has 0 amide bonds. The molecule has 6 heteroatoms. The Hall–Kier alpha value is -2.60. The lowest BCUT2D eigenvalue weighted by Crippen LogP contribution is -2.11. The monoisotopic (exact) mass is 356 g/mol. The highest BCUT2D eigenvalue weighted by atomic mass is 16.7. The fraction of sp³-hybridized carbons (Fsp3) is 0.400. The maximum absolute atomic E-state index is 11.6. The van der Waals surface area contributed by atoms with Gasteiger partial charge in [-0.25, -0.2) is 9.78 Å². The Morgan fingerprint density at radius 2 is 2.00 bits per heavy atom. The molecule has 1 aromatic carbocycles. The van der Waals surface area contributed by atoms with Crippen molar-refractivity contribution < 1.29 is 19.0 Å². The van der Waals surface area contributed by atoms with Crippen molar-refractivity contribution in [3.8, 4) is 5.88 Å². The summed E-state index contributed by atoms with van der Waals surface area (Å²) in [5.41, 5.74) is 3.77. The Labute approximate surface area is 152 Å². The molecule has 0 aliphatic heterocycles. The number of pyridine rings is 1. The molecule has 0 bridgehead atoms. The summed E-state index contributed by atoms with van der Waals surface area (Å²) in [4.78, 5) is 19.2. The highest BCUT2D eigenvalue weighted by Gasteiger charge is 2.17. The highest BCUT2D eigenvalue weighted by molar-refractivity contribution is 6.09. The summed E-state index contributed by atoms with van der Waals surface area (Å²) in [6, 6.07) is 6.21. The maximum Gasteiger partial charge on any atom is 0.515 e. The third-order valence-electron chi connectivity index (χ3n) is 4.25. The van der Waals surface area contributed by atoms with Gasteiger partial charge in [-0.05, 0) is 52.3 Å². The average Bonchev–Trinajstić information content (AvgIpc) is 2.95. The number of hydrogen-bond donors (Lipinski definition) is 1. The van der Waals surface area contributed by atoms with Crippen molar-refractivity contribution in [3.05, 3.63) is 35.5 Å². The van der Waals surface area contributed by atoms with Gasteiger partial charge in [-0.3, -0.25) is 0 Å². The van der Waals surface area contributed by atoms with Crippen LogP contribution in [0.4, 0.5) is 4.79 Å². The fourth-order valence-electron chi connectivity index (χ4n) is 3.13. The van der Waals surface area contributed by atoms with Gasteiger partial charge in [0.05, 0.1) is 30.5 Å². The predicted molar refractivity (Wildman–Crippen MR) is 101 cm³/mol. The number of aryl methyl sites for hydroxylation is 1. The maximum atomic E-state index is 11.6. The van der Waals surface area contributed by atoms with E-state index in [1.807, 2.05) is 33.8 Å². The van der Waals surface area contributed by atoms with Crippen molar-refractivity contribution in [3.63, 3.8) is 0 Å². The molecule has 0 aliphatic carbocycles. The molecule has 1 atom stereocenters. The molecular weight excluding hydrogens is 332 g/mol. The number of carbonyl (C=O) groups excluding carboxylic acids is 1. The summed E-state index contributed by atoms with van der Waals surface area (Å²) in [7, 11) is 0. The van der Waals surface area contributed by atoms with Gasteiger partial charge in [0.25, 0.3) is 0 Å². The van der Waals surface area contributed by atoms with E-state index in [1.54, 1.807) is 13.1 Å². The first-order valence-electron chi connectivity index (χ1n) is 8.81. The van der Waals surface area contributed by atoms with Crippen LogP contribution in [0.3, 0.4) is 0 Å². The zero-order chi connectivity index (χ0) is 18.8. The molecule has 0 radical (unpaired) electrons. The first-order valence-corrected chi connectivity index (χ1v) is 8.81. The van der Waals surface area contributed by atoms with Gasteiger partial charge in [0.15, 0.2) is 0 Å². The van der Waals surface area contributed by atoms with Crippen molar-refractivity contribution in [2.45, 2.75) is 46.8 Å². The SMILES string of the molecule is CCOC(=O)Oc1ncc2[nH]c3ccc(C(C)OC(C)C)cc3c2c1C. The Morgan fingerprint density at radius 1 is 1.23 bits per heavy atom. The molecule has 0 saturated carbocycles. The van der Waals surface area contributed by atoms with Gasteiger partial charge in [0.2, 0.25) is 5.88 Å². The Balaban J connectivity index is 2.07. The van der Waals surface area contributed by atoms with Gasteiger partial charge in [-0.15, -0.1) is 0 Å². The van der Waals surface area contributed by atoms with Gasteiger partial charge >= 0.3 is 6.16 Å². The van der Waals surface area contributed by atoms with Gasteiger partial charge in [0, 0.05) is 21.9 Å². The average molecular weight is 356 g/mol. The van der Waals surface area contributed by atoms with Crippen LogP contribution in [0.15, 0.2) is 24.4 Å². The van der Waals surface area contributed by atoms with E-state index in [1.165, 1.54) is 0 Å². The van der Waals surface area contributed by atoms with E-state index in [9.17, 15) is 4.79 Å². The normalized spacial score (nSPS) is 12.7. The van der Waals surface area contributed by atoms with Crippen LogP contribution in [0.2, 0.25) is 0 Å². The number of H-pyrrole nitrogens is 1. The van der Waals surface area contributed by atoms with Crippen molar-refractivity contribution in [1.29, 1.82) is 0 Å². The summed E-state index contributed by atoms with van der Waals surface area (Å²) in [6.45, 7) is 9.96. The summed E-state index contributed by atoms with van der Waals surface area (Å²) in [6.07, 6.45) is 1.06. The number of nitrogens with one attached hydrogen (secondary N) is 1. The van der Waals surface area contributed by atoms with Crippen LogP contribution < -0.4 is 4.74 Å².